The fourth-order valence-electron chi connectivity index (χ4n) is 11.0. The smallest absolute Gasteiger partial charge is 0.328 e. The van der Waals surface area contributed by atoms with Crippen molar-refractivity contribution in [3.05, 3.63) is 125 Å². The molecule has 1 aliphatic rings. The van der Waals surface area contributed by atoms with Crippen LogP contribution in [0, 0.1) is 24.7 Å². The van der Waals surface area contributed by atoms with Crippen molar-refractivity contribution in [2.24, 2.45) is 23.5 Å². The summed E-state index contributed by atoms with van der Waals surface area (Å²) in [4.78, 5) is 92.8. The highest BCUT2D eigenvalue weighted by Gasteiger charge is 2.44. The van der Waals surface area contributed by atoms with Gasteiger partial charge in [0, 0.05) is 70.2 Å². The molecule has 0 aliphatic carbocycles. The summed E-state index contributed by atoms with van der Waals surface area (Å²) in [6.07, 6.45) is 4.93. The van der Waals surface area contributed by atoms with Crippen LogP contribution in [0.15, 0.2) is 97.3 Å². The van der Waals surface area contributed by atoms with Crippen molar-refractivity contribution in [1.29, 1.82) is 0 Å². The standard InChI is InChI=1S/C65H89ClN8O10/c1-14-41(6)57(72(11)62(78)56(39(2)3)71-64(80)65(9,10)67)54(81-12)37-55(75)74-32-19-23-52(74)58(82-13)43(8)60(76)70-50(35-44-21-16-15-17-22-44)63(79)83-33-30-48(68-61(77)47-28-29-53(49(66)36-47)84-40(4)5)34-45-24-26-46(27-25-45)51-38-73-31-18-20-42(7)59(73)69-51/h15-18,20-22,24-29,31,36,38-41,43,48,50,52,54,56-58H,14,19,23,30,32-35,37,67H2,1-13H3,(H,68,77)(H,70,76)(H,71,80)/t41-,43+,48+,50-,52-,54+,56-,57-,58+/m0/s1. The molecular formula is C65H89ClN8O10. The molecule has 1 fully saturated rings. The molecule has 1 aliphatic heterocycles. The topological polar surface area (TPSA) is 225 Å². The summed E-state index contributed by atoms with van der Waals surface area (Å²) in [5.74, 6) is -3.23. The van der Waals surface area contributed by atoms with Gasteiger partial charge in [0.05, 0.1) is 65.6 Å². The largest absolute Gasteiger partial charge is 0.489 e. The van der Waals surface area contributed by atoms with Gasteiger partial charge in [-0.05, 0) is 107 Å². The number of esters is 1. The van der Waals surface area contributed by atoms with Crippen LogP contribution in [0.2, 0.25) is 5.02 Å². The number of carbonyl (C=O) groups is 6. The van der Waals surface area contributed by atoms with Crippen LogP contribution in [-0.4, -0.2) is 143 Å². The number of likely N-dealkylation sites (tertiary alicyclic amines) is 1. The zero-order valence-electron chi connectivity index (χ0n) is 51.3. The molecule has 0 saturated carbocycles. The molecule has 3 heterocycles. The van der Waals surface area contributed by atoms with Gasteiger partial charge in [-0.15, -0.1) is 0 Å². The molecule has 5 aromatic rings. The number of pyridine rings is 1. The van der Waals surface area contributed by atoms with Gasteiger partial charge in [-0.2, -0.15) is 0 Å². The zero-order chi connectivity index (χ0) is 61.6. The minimum atomic E-state index is -1.21. The molecule has 2 aromatic heterocycles. The molecule has 0 radical (unpaired) electrons. The normalized spacial score (nSPS) is 16.5. The minimum Gasteiger partial charge on any atom is -0.489 e. The van der Waals surface area contributed by atoms with Crippen LogP contribution in [0.4, 0.5) is 0 Å². The molecule has 9 atom stereocenters. The van der Waals surface area contributed by atoms with Crippen molar-refractivity contribution in [1.82, 2.24) is 35.1 Å². The number of aromatic nitrogens is 2. The number of nitrogens with one attached hydrogen (secondary N) is 3. The van der Waals surface area contributed by atoms with E-state index in [4.69, 9.17) is 41.3 Å². The number of benzene rings is 3. The molecule has 6 rings (SSSR count). The Morgan fingerprint density at radius 2 is 1.56 bits per heavy atom. The highest BCUT2D eigenvalue weighted by atomic mass is 35.5. The first-order chi connectivity index (χ1) is 39.8. The van der Waals surface area contributed by atoms with Crippen molar-refractivity contribution < 1.29 is 47.7 Å². The maximum absolute atomic E-state index is 14.6. The van der Waals surface area contributed by atoms with Crippen LogP contribution in [0.25, 0.3) is 16.9 Å². The highest BCUT2D eigenvalue weighted by Crippen LogP contribution is 2.31. The summed E-state index contributed by atoms with van der Waals surface area (Å²) in [5, 5.41) is 9.27. The second-order valence-electron chi connectivity index (χ2n) is 23.6. The summed E-state index contributed by atoms with van der Waals surface area (Å²) in [5.41, 5.74) is 10.6. The number of methoxy groups -OCH3 is 2. The number of hydrogen-bond acceptors (Lipinski definition) is 12. The van der Waals surface area contributed by atoms with Gasteiger partial charge in [0.1, 0.15) is 23.5 Å². The number of halogens is 1. The molecule has 0 bridgehead atoms. The van der Waals surface area contributed by atoms with E-state index in [1.807, 2.05) is 132 Å². The van der Waals surface area contributed by atoms with Gasteiger partial charge in [-0.3, -0.25) is 24.0 Å². The number of likely N-dealkylation sites (N-methyl/N-ethyl adjacent to an activating group) is 1. The van der Waals surface area contributed by atoms with Gasteiger partial charge < -0.3 is 54.8 Å². The maximum Gasteiger partial charge on any atom is 0.328 e. The molecule has 19 heteroatoms. The van der Waals surface area contributed by atoms with E-state index in [0.29, 0.717) is 48.6 Å². The maximum atomic E-state index is 14.6. The number of nitrogens with two attached hydrogens (primary N) is 1. The Morgan fingerprint density at radius 3 is 2.17 bits per heavy atom. The molecule has 84 heavy (non-hydrogen) atoms. The lowest BCUT2D eigenvalue weighted by Crippen LogP contribution is -2.60. The van der Waals surface area contributed by atoms with Gasteiger partial charge in [-0.25, -0.2) is 9.78 Å². The van der Waals surface area contributed by atoms with Crippen LogP contribution in [-0.2, 0) is 51.0 Å². The number of imidazole rings is 1. The van der Waals surface area contributed by atoms with E-state index in [-0.39, 0.29) is 61.5 Å². The number of rotatable bonds is 29. The monoisotopic (exact) mass is 1180 g/mol. The van der Waals surface area contributed by atoms with E-state index < -0.39 is 71.7 Å². The summed E-state index contributed by atoms with van der Waals surface area (Å²) in [6.45, 7) is 18.7. The van der Waals surface area contributed by atoms with Crippen LogP contribution in [0.5, 0.6) is 5.75 Å². The fourth-order valence-corrected chi connectivity index (χ4v) is 11.2. The van der Waals surface area contributed by atoms with E-state index in [9.17, 15) is 28.8 Å². The molecule has 5 amide bonds. The first-order valence-electron chi connectivity index (χ1n) is 29.4. The molecule has 3 aromatic carbocycles. The molecule has 0 unspecified atom stereocenters. The van der Waals surface area contributed by atoms with E-state index in [1.165, 1.54) is 14.2 Å². The number of nitrogens with zero attached hydrogens (tertiary/aromatic N) is 4. The average Bonchev–Trinajstić information content (AvgIpc) is 4.35. The molecule has 1 saturated heterocycles. The average molecular weight is 1180 g/mol. The summed E-state index contributed by atoms with van der Waals surface area (Å²) in [7, 11) is 4.71. The van der Waals surface area contributed by atoms with Crippen LogP contribution >= 0.6 is 11.6 Å². The van der Waals surface area contributed by atoms with Gasteiger partial charge in [0.25, 0.3) is 5.91 Å². The Hall–Kier alpha value is -6.86. The first kappa shape index (κ1) is 66.3. The summed E-state index contributed by atoms with van der Waals surface area (Å²) in [6, 6.07) is 22.7. The van der Waals surface area contributed by atoms with Crippen LogP contribution in [0.3, 0.4) is 0 Å². The number of ether oxygens (including phenoxy) is 4. The Morgan fingerprint density at radius 1 is 0.869 bits per heavy atom. The number of fused-ring (bicyclic) bond motifs is 1. The van der Waals surface area contributed by atoms with E-state index in [2.05, 4.69) is 16.0 Å². The molecule has 5 N–H and O–H groups in total. The van der Waals surface area contributed by atoms with Crippen molar-refractivity contribution in [3.63, 3.8) is 0 Å². The lowest BCUT2D eigenvalue weighted by molar-refractivity contribution is -0.150. The third-order valence-electron chi connectivity index (χ3n) is 16.0. The van der Waals surface area contributed by atoms with Gasteiger partial charge in [-0.1, -0.05) is 113 Å². The SMILES string of the molecule is CC[C@H](C)[C@@H]([C@@H](CC(=O)N1CCC[C@H]1[C@H](OC)[C@@H](C)C(=O)N[C@@H](Cc1ccccc1)C(=O)OCC[C@H](Cc1ccc(-c2cn3cccc(C)c3n2)cc1)NC(=O)c1ccc(OC(C)C)c(Cl)c1)OC)N(C)C(=O)[C@@H](NC(=O)C(C)(C)N)C(C)C. The van der Waals surface area contributed by atoms with Gasteiger partial charge in [0.15, 0.2) is 0 Å². The van der Waals surface area contributed by atoms with Crippen molar-refractivity contribution in [3.8, 4) is 17.0 Å². The zero-order valence-corrected chi connectivity index (χ0v) is 52.0. The molecule has 456 valence electrons. The predicted molar refractivity (Wildman–Crippen MR) is 326 cm³/mol. The molecular weight excluding hydrogens is 1090 g/mol. The second kappa shape index (κ2) is 30.3. The van der Waals surface area contributed by atoms with Crippen LogP contribution < -0.4 is 26.4 Å². The van der Waals surface area contributed by atoms with Crippen molar-refractivity contribution in [2.45, 2.75) is 168 Å². The number of carbonyl (C=O) groups excluding carboxylic acids is 6. The highest BCUT2D eigenvalue weighted by molar-refractivity contribution is 6.32. The predicted octanol–water partition coefficient (Wildman–Crippen LogP) is 8.55. The fraction of sp³-hybridized carbons (Fsp3) is 0.523. The lowest BCUT2D eigenvalue weighted by atomic mass is 9.89. The van der Waals surface area contributed by atoms with Crippen molar-refractivity contribution >= 4 is 52.8 Å². The minimum absolute atomic E-state index is 0.0635. The third kappa shape index (κ3) is 17.4. The summed E-state index contributed by atoms with van der Waals surface area (Å²) >= 11 is 6.57. The quantitative estimate of drug-likeness (QED) is 0.0331. The Labute approximate surface area is 501 Å². The number of hydrogen-bond donors (Lipinski definition) is 4. The summed E-state index contributed by atoms with van der Waals surface area (Å²) < 4.78 is 26.0. The Balaban J connectivity index is 1.16. The molecule has 18 nitrogen and oxygen atoms in total. The van der Waals surface area contributed by atoms with E-state index in [1.54, 1.807) is 55.8 Å². The second-order valence-corrected chi connectivity index (χ2v) is 24.1. The van der Waals surface area contributed by atoms with Gasteiger partial charge >= 0.3 is 5.97 Å². The Bertz CT molecular complexity index is 3020. The molecule has 0 spiro atoms. The van der Waals surface area contributed by atoms with Crippen LogP contribution in [0.1, 0.15) is 121 Å². The lowest BCUT2D eigenvalue weighted by Gasteiger charge is -2.41. The van der Waals surface area contributed by atoms with Crippen molar-refractivity contribution in [2.75, 3.05) is 34.4 Å². The number of amides is 5. The van der Waals surface area contributed by atoms with E-state index in [0.717, 1.165) is 33.6 Å². The number of aryl methyl sites for hydroxylation is 1. The first-order valence-corrected chi connectivity index (χ1v) is 29.8. The Kier molecular flexibility index (Phi) is 23.9. The third-order valence-corrected chi connectivity index (χ3v) is 16.3. The van der Waals surface area contributed by atoms with Gasteiger partial charge in [0.2, 0.25) is 23.6 Å². The van der Waals surface area contributed by atoms with E-state index >= 15 is 0 Å².